The van der Waals surface area contributed by atoms with E-state index in [1.54, 1.807) is 35.4 Å². The number of hydrogen-bond acceptors (Lipinski definition) is 6. The molecule has 5 rings (SSSR count). The van der Waals surface area contributed by atoms with Crippen LogP contribution in [0.15, 0.2) is 96.1 Å². The summed E-state index contributed by atoms with van der Waals surface area (Å²) < 4.78 is 5.61. The number of hydrogen-bond donors (Lipinski definition) is 3. The molecule has 3 atom stereocenters. The van der Waals surface area contributed by atoms with Gasteiger partial charge in [-0.05, 0) is 68.0 Å². The van der Waals surface area contributed by atoms with Gasteiger partial charge in [-0.3, -0.25) is 9.59 Å². The van der Waals surface area contributed by atoms with Crippen LogP contribution in [-0.4, -0.2) is 52.0 Å². The van der Waals surface area contributed by atoms with E-state index in [1.807, 2.05) is 62.4 Å². The number of aryl methyl sites for hydroxylation is 1. The fourth-order valence-corrected chi connectivity index (χ4v) is 5.61. The summed E-state index contributed by atoms with van der Waals surface area (Å²) in [6, 6.07) is 23.8. The number of nitrogens with one attached hydrogen (secondary N) is 2. The molecule has 0 spiro atoms. The third-order valence-electron chi connectivity index (χ3n) is 7.99. The van der Waals surface area contributed by atoms with Crippen LogP contribution in [0.1, 0.15) is 74.8 Å². The highest BCUT2D eigenvalue weighted by molar-refractivity contribution is 6.00. The van der Waals surface area contributed by atoms with Gasteiger partial charge in [0, 0.05) is 30.8 Å². The zero-order valence-corrected chi connectivity index (χ0v) is 25.3. The molecule has 0 aliphatic carbocycles. The number of aromatic nitrogens is 1. The number of carbonyl (C=O) groups excluding carboxylic acids is 2. The predicted octanol–water partition coefficient (Wildman–Crippen LogP) is 5.49. The standard InChI is InChI=1S/C36H40N4O4/c1-24(2)28-13-7-12-27(18-28)21-37-22-33(41)31(19-26-10-5-4-6-11-26)39-34(42)29-14-8-15-30(20-29)36(43)40-17-9-16-32(40)35-38-25(3)23-44-35/h4-8,10-15,18,20,23,31-33,37,41H,1,9,16-17,19,21-22H2,2-3H3,(H,39,42). The summed E-state index contributed by atoms with van der Waals surface area (Å²) in [4.78, 5) is 33.3. The lowest BCUT2D eigenvalue weighted by Crippen LogP contribution is -2.48. The van der Waals surface area contributed by atoms with Gasteiger partial charge in [0.25, 0.3) is 11.8 Å². The highest BCUT2D eigenvalue weighted by Crippen LogP contribution is 2.32. The number of aliphatic hydroxyl groups is 1. The zero-order valence-electron chi connectivity index (χ0n) is 25.3. The first kappa shape index (κ1) is 30.9. The number of nitrogens with zero attached hydrogens (tertiary/aromatic N) is 2. The molecule has 8 heteroatoms. The van der Waals surface area contributed by atoms with E-state index in [9.17, 15) is 14.7 Å². The summed E-state index contributed by atoms with van der Waals surface area (Å²) >= 11 is 0. The van der Waals surface area contributed by atoms with Crippen molar-refractivity contribution < 1.29 is 19.1 Å². The topological polar surface area (TPSA) is 108 Å². The van der Waals surface area contributed by atoms with Gasteiger partial charge >= 0.3 is 0 Å². The average Bonchev–Trinajstić information content (AvgIpc) is 3.70. The minimum Gasteiger partial charge on any atom is -0.446 e. The summed E-state index contributed by atoms with van der Waals surface area (Å²) in [6.07, 6.45) is 2.81. The smallest absolute Gasteiger partial charge is 0.254 e. The summed E-state index contributed by atoms with van der Waals surface area (Å²) in [7, 11) is 0. The second kappa shape index (κ2) is 14.3. The fourth-order valence-electron chi connectivity index (χ4n) is 5.61. The van der Waals surface area contributed by atoms with Crippen molar-refractivity contribution in [2.24, 2.45) is 0 Å². The monoisotopic (exact) mass is 592 g/mol. The number of carbonyl (C=O) groups is 2. The second-order valence-corrected chi connectivity index (χ2v) is 11.5. The molecule has 0 radical (unpaired) electrons. The molecular weight excluding hydrogens is 552 g/mol. The normalized spacial score (nSPS) is 16.0. The van der Waals surface area contributed by atoms with Gasteiger partial charge in [-0.15, -0.1) is 0 Å². The van der Waals surface area contributed by atoms with E-state index in [-0.39, 0.29) is 24.4 Å². The summed E-state index contributed by atoms with van der Waals surface area (Å²) in [6.45, 7) is 9.29. The van der Waals surface area contributed by atoms with Crippen molar-refractivity contribution in [1.29, 1.82) is 0 Å². The van der Waals surface area contributed by atoms with Crippen molar-refractivity contribution >= 4 is 17.4 Å². The molecule has 0 bridgehead atoms. The van der Waals surface area contributed by atoms with E-state index >= 15 is 0 Å². The van der Waals surface area contributed by atoms with Crippen molar-refractivity contribution in [3.63, 3.8) is 0 Å². The Morgan fingerprint density at radius 3 is 2.50 bits per heavy atom. The molecule has 228 valence electrons. The third kappa shape index (κ3) is 7.70. The minimum atomic E-state index is -0.858. The first-order valence-electron chi connectivity index (χ1n) is 15.1. The molecule has 2 amide bonds. The maximum atomic E-state index is 13.5. The van der Waals surface area contributed by atoms with E-state index in [4.69, 9.17) is 4.42 Å². The molecule has 1 aliphatic heterocycles. The molecule has 3 N–H and O–H groups in total. The second-order valence-electron chi connectivity index (χ2n) is 11.5. The maximum Gasteiger partial charge on any atom is 0.254 e. The molecule has 1 fully saturated rings. The highest BCUT2D eigenvalue weighted by atomic mass is 16.3. The van der Waals surface area contributed by atoms with Crippen LogP contribution in [0, 0.1) is 6.92 Å². The lowest BCUT2D eigenvalue weighted by molar-refractivity contribution is 0.0715. The molecule has 1 aliphatic rings. The number of amides is 2. The number of rotatable bonds is 12. The number of aliphatic hydroxyl groups excluding tert-OH is 1. The van der Waals surface area contributed by atoms with Crippen LogP contribution in [0.2, 0.25) is 0 Å². The van der Waals surface area contributed by atoms with E-state index in [2.05, 4.69) is 28.3 Å². The van der Waals surface area contributed by atoms with Crippen LogP contribution < -0.4 is 10.6 Å². The summed E-state index contributed by atoms with van der Waals surface area (Å²) in [5, 5.41) is 17.6. The molecule has 8 nitrogen and oxygen atoms in total. The van der Waals surface area contributed by atoms with Crippen molar-refractivity contribution in [1.82, 2.24) is 20.5 Å². The number of oxazole rings is 1. The molecule has 1 aromatic heterocycles. The van der Waals surface area contributed by atoms with Gasteiger partial charge < -0.3 is 25.1 Å². The van der Waals surface area contributed by atoms with Gasteiger partial charge in [0.2, 0.25) is 5.89 Å². The number of likely N-dealkylation sites (tertiary alicyclic amines) is 1. The van der Waals surface area contributed by atoms with Gasteiger partial charge in [0.15, 0.2) is 0 Å². The highest BCUT2D eigenvalue weighted by Gasteiger charge is 2.34. The Balaban J connectivity index is 1.27. The van der Waals surface area contributed by atoms with Crippen LogP contribution in [0.25, 0.3) is 5.57 Å². The van der Waals surface area contributed by atoms with Crippen molar-refractivity contribution in [3.8, 4) is 0 Å². The van der Waals surface area contributed by atoms with Crippen LogP contribution >= 0.6 is 0 Å². The van der Waals surface area contributed by atoms with Crippen LogP contribution in [0.4, 0.5) is 0 Å². The molecule has 0 saturated carbocycles. The Morgan fingerprint density at radius 2 is 1.75 bits per heavy atom. The Kier molecular flexibility index (Phi) is 10.0. The van der Waals surface area contributed by atoms with Crippen LogP contribution in [0.3, 0.4) is 0 Å². The minimum absolute atomic E-state index is 0.168. The average molecular weight is 593 g/mol. The molecule has 3 aromatic carbocycles. The van der Waals surface area contributed by atoms with Gasteiger partial charge in [-0.1, -0.05) is 72.8 Å². The number of allylic oxidation sites excluding steroid dienone is 1. The quantitative estimate of drug-likeness (QED) is 0.201. The zero-order chi connectivity index (χ0) is 31.1. The lowest BCUT2D eigenvalue weighted by Gasteiger charge is -2.25. The first-order valence-corrected chi connectivity index (χ1v) is 15.1. The SMILES string of the molecule is C=C(C)c1cccc(CNCC(O)C(Cc2ccccc2)NC(=O)c2cccc(C(=O)N3CCCC3c3nc(C)co3)c2)c1. The molecule has 3 unspecified atom stereocenters. The van der Waals surface area contributed by atoms with E-state index in [0.29, 0.717) is 36.5 Å². The lowest BCUT2D eigenvalue weighted by atomic mass is 10.00. The molecule has 1 saturated heterocycles. The van der Waals surface area contributed by atoms with Gasteiger partial charge in [0.05, 0.1) is 17.8 Å². The molecule has 2 heterocycles. The van der Waals surface area contributed by atoms with E-state index in [1.165, 1.54) is 0 Å². The van der Waals surface area contributed by atoms with E-state index < -0.39 is 12.1 Å². The van der Waals surface area contributed by atoms with Gasteiger partial charge in [-0.2, -0.15) is 0 Å². The van der Waals surface area contributed by atoms with E-state index in [0.717, 1.165) is 40.8 Å². The largest absolute Gasteiger partial charge is 0.446 e. The number of benzene rings is 3. The van der Waals surface area contributed by atoms with Crippen molar-refractivity contribution in [3.05, 3.63) is 131 Å². The first-order chi connectivity index (χ1) is 21.3. The Morgan fingerprint density at radius 1 is 1.02 bits per heavy atom. The summed E-state index contributed by atoms with van der Waals surface area (Å²) in [5.74, 6) is 0.0194. The predicted molar refractivity (Wildman–Crippen MR) is 171 cm³/mol. The Hall–Kier alpha value is -4.53. The van der Waals surface area contributed by atoms with Crippen molar-refractivity contribution in [2.75, 3.05) is 13.1 Å². The third-order valence-corrected chi connectivity index (χ3v) is 7.99. The van der Waals surface area contributed by atoms with Gasteiger partial charge in [0.1, 0.15) is 12.3 Å². The van der Waals surface area contributed by atoms with Gasteiger partial charge in [-0.25, -0.2) is 4.98 Å². The van der Waals surface area contributed by atoms with Crippen molar-refractivity contribution in [2.45, 2.75) is 57.8 Å². The molecule has 44 heavy (non-hydrogen) atoms. The summed E-state index contributed by atoms with van der Waals surface area (Å²) in [5.41, 5.74) is 5.70. The fraction of sp³-hybridized carbons (Fsp3) is 0.306. The Bertz CT molecular complexity index is 1600. The maximum absolute atomic E-state index is 13.5. The molecule has 4 aromatic rings. The Labute approximate surface area is 258 Å². The van der Waals surface area contributed by atoms with Crippen LogP contribution in [0.5, 0.6) is 0 Å². The van der Waals surface area contributed by atoms with Crippen LogP contribution in [-0.2, 0) is 13.0 Å². The molecular formula is C36H40N4O4.